The van der Waals surface area contributed by atoms with Crippen LogP contribution in [-0.2, 0) is 10.0 Å². The van der Waals surface area contributed by atoms with E-state index in [4.69, 9.17) is 0 Å². The molecule has 0 aliphatic heterocycles. The molecular weight excluding hydrogens is 324 g/mol. The largest absolute Gasteiger partial charge is 0.289 e. The third-order valence-electron chi connectivity index (χ3n) is 3.11. The Hall–Kier alpha value is -3.01. The maximum Gasteiger partial charge on any atom is 0.289 e. The first-order valence-electron chi connectivity index (χ1n) is 6.37. The lowest BCUT2D eigenvalue weighted by Crippen LogP contribution is -2.15. The Balaban J connectivity index is 2.04. The number of nitrogens with one attached hydrogen (secondary N) is 1. The average molecular weight is 334 g/mol. The van der Waals surface area contributed by atoms with Crippen molar-refractivity contribution in [1.82, 2.24) is 10.3 Å². The third-order valence-corrected chi connectivity index (χ3v) is 4.52. The Bertz CT molecular complexity index is 1010. The second-order valence-electron chi connectivity index (χ2n) is 4.80. The van der Waals surface area contributed by atoms with E-state index in [0.717, 1.165) is 6.07 Å². The first-order chi connectivity index (χ1) is 10.9. The lowest BCUT2D eigenvalue weighted by molar-refractivity contribution is -0.387. The fourth-order valence-corrected chi connectivity index (χ4v) is 3.35. The standard InChI is InChI=1S/C13H10N4O5S/c1-8-2-5-12(17(18)19)13(6-8)23(20,21)16-9-3-4-10-11(7-9)15-22-14-10/h2-7,16H,1H3. The number of aryl methyl sites for hydroxylation is 1. The second-order valence-corrected chi connectivity index (χ2v) is 6.45. The van der Waals surface area contributed by atoms with E-state index in [2.05, 4.69) is 19.7 Å². The minimum Gasteiger partial charge on any atom is -0.279 e. The highest BCUT2D eigenvalue weighted by molar-refractivity contribution is 7.92. The predicted molar refractivity (Wildman–Crippen MR) is 80.4 cm³/mol. The van der Waals surface area contributed by atoms with Crippen LogP contribution in [0.3, 0.4) is 0 Å². The van der Waals surface area contributed by atoms with Crippen LogP contribution in [0.2, 0.25) is 0 Å². The fourth-order valence-electron chi connectivity index (χ4n) is 2.04. The molecule has 118 valence electrons. The molecule has 23 heavy (non-hydrogen) atoms. The summed E-state index contributed by atoms with van der Waals surface area (Å²) in [6.45, 7) is 1.65. The van der Waals surface area contributed by atoms with Gasteiger partial charge in [-0.25, -0.2) is 13.0 Å². The van der Waals surface area contributed by atoms with E-state index >= 15 is 0 Å². The van der Waals surface area contributed by atoms with Crippen LogP contribution in [0.1, 0.15) is 5.56 Å². The van der Waals surface area contributed by atoms with Gasteiger partial charge in [0.1, 0.15) is 11.0 Å². The molecule has 0 spiro atoms. The minimum atomic E-state index is -4.13. The molecule has 0 bridgehead atoms. The molecule has 0 saturated carbocycles. The number of nitro groups is 1. The van der Waals surface area contributed by atoms with Gasteiger partial charge in [-0.3, -0.25) is 14.8 Å². The lowest BCUT2D eigenvalue weighted by atomic mass is 10.2. The molecule has 9 nitrogen and oxygen atoms in total. The molecule has 10 heteroatoms. The summed E-state index contributed by atoms with van der Waals surface area (Å²) in [7, 11) is -4.13. The van der Waals surface area contributed by atoms with Crippen LogP contribution in [0.4, 0.5) is 11.4 Å². The van der Waals surface area contributed by atoms with Gasteiger partial charge >= 0.3 is 0 Å². The zero-order chi connectivity index (χ0) is 16.6. The molecule has 0 aliphatic rings. The van der Waals surface area contributed by atoms with E-state index in [1.54, 1.807) is 6.92 Å². The summed E-state index contributed by atoms with van der Waals surface area (Å²) in [6, 6.07) is 8.29. The maximum absolute atomic E-state index is 12.5. The zero-order valence-electron chi connectivity index (χ0n) is 11.8. The Labute approximate surface area is 130 Å². The number of fused-ring (bicyclic) bond motifs is 1. The van der Waals surface area contributed by atoms with E-state index in [1.807, 2.05) is 0 Å². The number of sulfonamides is 1. The van der Waals surface area contributed by atoms with Gasteiger partial charge in [-0.15, -0.1) is 0 Å². The van der Waals surface area contributed by atoms with Crippen molar-refractivity contribution in [2.75, 3.05) is 4.72 Å². The number of aromatic nitrogens is 2. The molecule has 3 aromatic rings. The van der Waals surface area contributed by atoms with Gasteiger partial charge in [0.05, 0.1) is 10.6 Å². The molecule has 0 fully saturated rings. The summed E-state index contributed by atoms with van der Waals surface area (Å²) in [5.41, 5.74) is 1.13. The minimum absolute atomic E-state index is 0.198. The number of anilines is 1. The number of hydrogen-bond acceptors (Lipinski definition) is 7. The number of nitro benzene ring substituents is 1. The van der Waals surface area contributed by atoms with Gasteiger partial charge in [0.2, 0.25) is 0 Å². The van der Waals surface area contributed by atoms with Crippen LogP contribution >= 0.6 is 0 Å². The van der Waals surface area contributed by atoms with Crippen LogP contribution in [0.15, 0.2) is 45.9 Å². The number of nitrogens with zero attached hydrogens (tertiary/aromatic N) is 3. The molecule has 0 amide bonds. The Morgan fingerprint density at radius 2 is 1.87 bits per heavy atom. The van der Waals surface area contributed by atoms with Crippen molar-refractivity contribution in [3.63, 3.8) is 0 Å². The fraction of sp³-hybridized carbons (Fsp3) is 0.0769. The highest BCUT2D eigenvalue weighted by Crippen LogP contribution is 2.27. The summed E-state index contributed by atoms with van der Waals surface area (Å²) in [4.78, 5) is 9.92. The van der Waals surface area contributed by atoms with E-state index in [0.29, 0.717) is 16.6 Å². The Morgan fingerprint density at radius 1 is 1.13 bits per heavy atom. The smallest absolute Gasteiger partial charge is 0.279 e. The average Bonchev–Trinajstić information content (AvgIpc) is 2.94. The molecule has 1 heterocycles. The van der Waals surface area contributed by atoms with Crippen molar-refractivity contribution in [2.45, 2.75) is 11.8 Å². The first kappa shape index (κ1) is 14.9. The van der Waals surface area contributed by atoms with Gasteiger partial charge in [0.15, 0.2) is 4.90 Å². The summed E-state index contributed by atoms with van der Waals surface area (Å²) in [5, 5.41) is 18.3. The van der Waals surface area contributed by atoms with E-state index in [1.165, 1.54) is 30.3 Å². The lowest BCUT2D eigenvalue weighted by Gasteiger charge is -2.09. The van der Waals surface area contributed by atoms with Crippen LogP contribution in [-0.4, -0.2) is 23.7 Å². The van der Waals surface area contributed by atoms with Gasteiger partial charge in [0.25, 0.3) is 15.7 Å². The van der Waals surface area contributed by atoms with E-state index in [9.17, 15) is 18.5 Å². The van der Waals surface area contributed by atoms with Gasteiger partial charge in [0, 0.05) is 6.07 Å². The Morgan fingerprint density at radius 3 is 2.61 bits per heavy atom. The molecule has 1 aromatic heterocycles. The molecule has 0 aliphatic carbocycles. The van der Waals surface area contributed by atoms with Crippen molar-refractivity contribution in [3.8, 4) is 0 Å². The number of rotatable bonds is 4. The summed E-state index contributed by atoms with van der Waals surface area (Å²) in [6.07, 6.45) is 0. The normalized spacial score (nSPS) is 11.5. The van der Waals surface area contributed by atoms with Crippen LogP contribution in [0, 0.1) is 17.0 Å². The van der Waals surface area contributed by atoms with E-state index < -0.39 is 25.5 Å². The van der Waals surface area contributed by atoms with Crippen molar-refractivity contribution in [2.24, 2.45) is 0 Å². The van der Waals surface area contributed by atoms with Crippen molar-refractivity contribution in [1.29, 1.82) is 0 Å². The topological polar surface area (TPSA) is 128 Å². The van der Waals surface area contributed by atoms with Gasteiger partial charge in [-0.05, 0) is 47.1 Å². The van der Waals surface area contributed by atoms with Crippen LogP contribution < -0.4 is 4.72 Å². The summed E-state index contributed by atoms with van der Waals surface area (Å²) >= 11 is 0. The predicted octanol–water partition coefficient (Wildman–Crippen LogP) is 2.24. The van der Waals surface area contributed by atoms with E-state index in [-0.39, 0.29) is 5.69 Å². The molecule has 0 radical (unpaired) electrons. The van der Waals surface area contributed by atoms with Crippen molar-refractivity contribution < 1.29 is 18.0 Å². The van der Waals surface area contributed by atoms with Crippen LogP contribution in [0.25, 0.3) is 11.0 Å². The highest BCUT2D eigenvalue weighted by Gasteiger charge is 2.26. The quantitative estimate of drug-likeness (QED) is 0.572. The van der Waals surface area contributed by atoms with Crippen LogP contribution in [0.5, 0.6) is 0 Å². The molecule has 1 N–H and O–H groups in total. The Kier molecular flexibility index (Phi) is 3.45. The number of hydrogen-bond donors (Lipinski definition) is 1. The number of benzene rings is 2. The zero-order valence-corrected chi connectivity index (χ0v) is 12.6. The SMILES string of the molecule is Cc1ccc([N+](=O)[O-])c(S(=O)(=O)Nc2ccc3nonc3c2)c1. The monoisotopic (exact) mass is 334 g/mol. The third kappa shape index (κ3) is 2.83. The molecule has 0 unspecified atom stereocenters. The molecular formula is C13H10N4O5S. The summed E-state index contributed by atoms with van der Waals surface area (Å²) in [5.74, 6) is 0. The van der Waals surface area contributed by atoms with Gasteiger partial charge < -0.3 is 0 Å². The van der Waals surface area contributed by atoms with Gasteiger partial charge in [-0.2, -0.15) is 0 Å². The highest BCUT2D eigenvalue weighted by atomic mass is 32.2. The second kappa shape index (κ2) is 5.32. The summed E-state index contributed by atoms with van der Waals surface area (Å²) < 4.78 is 31.8. The van der Waals surface area contributed by atoms with Crippen molar-refractivity contribution >= 4 is 32.4 Å². The van der Waals surface area contributed by atoms with Crippen molar-refractivity contribution in [3.05, 3.63) is 52.1 Å². The molecule has 2 aromatic carbocycles. The molecule has 3 rings (SSSR count). The molecule has 0 saturated heterocycles. The first-order valence-corrected chi connectivity index (χ1v) is 7.85. The van der Waals surface area contributed by atoms with Gasteiger partial charge in [-0.1, -0.05) is 6.07 Å². The maximum atomic E-state index is 12.5. The molecule has 0 atom stereocenters.